The first-order chi connectivity index (χ1) is 16.8. The molecule has 12 heteroatoms. The number of nitrogens with one attached hydrogen (secondary N) is 3. The molecule has 0 saturated carbocycles. The molecule has 0 radical (unpaired) electrons. The summed E-state index contributed by atoms with van der Waals surface area (Å²) in [6.07, 6.45) is 3.32. The molecule has 3 N–H and O–H groups in total. The molecule has 1 aliphatic rings. The van der Waals surface area contributed by atoms with Gasteiger partial charge in [0, 0.05) is 66.5 Å². The number of sulfonamides is 1. The van der Waals surface area contributed by atoms with Gasteiger partial charge in [0.1, 0.15) is 0 Å². The number of aromatic nitrogens is 1. The minimum absolute atomic E-state index is 0.0999. The van der Waals surface area contributed by atoms with E-state index in [1.807, 2.05) is 18.2 Å². The molecule has 0 aliphatic carbocycles. The number of pyridine rings is 1. The van der Waals surface area contributed by atoms with E-state index in [2.05, 4.69) is 25.3 Å². The van der Waals surface area contributed by atoms with E-state index in [0.717, 1.165) is 11.3 Å². The molecule has 3 aromatic rings. The smallest absolute Gasteiger partial charge is 0.319 e. The molecule has 35 heavy (non-hydrogen) atoms. The van der Waals surface area contributed by atoms with Crippen molar-refractivity contribution in [2.45, 2.75) is 11.4 Å². The maximum Gasteiger partial charge on any atom is 0.319 e. The van der Waals surface area contributed by atoms with Gasteiger partial charge in [-0.1, -0.05) is 29.3 Å². The molecule has 9 nitrogen and oxygen atoms in total. The molecule has 184 valence electrons. The van der Waals surface area contributed by atoms with Crippen LogP contribution in [0.15, 0.2) is 71.9 Å². The molecular weight excluding hydrogens is 511 g/mol. The molecule has 1 aromatic heterocycles. The minimum Gasteiger partial charge on any atom is -0.369 e. The first-order valence-corrected chi connectivity index (χ1v) is 13.0. The number of nitrogens with zero attached hydrogens (tertiary/aromatic N) is 3. The molecule has 1 fully saturated rings. The Morgan fingerprint density at radius 2 is 1.66 bits per heavy atom. The van der Waals surface area contributed by atoms with Crippen LogP contribution in [-0.2, 0) is 16.6 Å². The minimum atomic E-state index is -3.77. The summed E-state index contributed by atoms with van der Waals surface area (Å²) in [5.41, 5.74) is 2.24. The number of hydrogen-bond donors (Lipinski definition) is 3. The van der Waals surface area contributed by atoms with Crippen molar-refractivity contribution in [2.24, 2.45) is 0 Å². The Morgan fingerprint density at radius 1 is 0.971 bits per heavy atom. The van der Waals surface area contributed by atoms with Crippen molar-refractivity contribution in [2.75, 3.05) is 36.4 Å². The van der Waals surface area contributed by atoms with Gasteiger partial charge < -0.3 is 15.5 Å². The maximum absolute atomic E-state index is 12.8. The number of rotatable bonds is 7. The van der Waals surface area contributed by atoms with Gasteiger partial charge in [-0.3, -0.25) is 4.98 Å². The lowest BCUT2D eigenvalue weighted by molar-refractivity contribution is 0.226. The summed E-state index contributed by atoms with van der Waals surface area (Å²) in [5, 5.41) is 8.18. The highest BCUT2D eigenvalue weighted by molar-refractivity contribution is 7.89. The van der Waals surface area contributed by atoms with Crippen molar-refractivity contribution in [3.8, 4) is 0 Å². The molecule has 2 heterocycles. The Kier molecular flexibility index (Phi) is 8.09. The normalized spacial score (nSPS) is 14.5. The summed E-state index contributed by atoms with van der Waals surface area (Å²) < 4.78 is 25.7. The number of hydrogen-bond acceptors (Lipinski definition) is 6. The number of carbonyl (C=O) groups is 1. The van der Waals surface area contributed by atoms with Crippen LogP contribution in [0.5, 0.6) is 0 Å². The molecule has 1 aliphatic heterocycles. The number of amides is 2. The van der Waals surface area contributed by atoms with Crippen molar-refractivity contribution in [1.29, 1.82) is 0 Å². The average Bonchev–Trinajstić information content (AvgIpc) is 2.83. The number of carbonyl (C=O) groups excluding carboxylic acids is 1. The second-order valence-corrected chi connectivity index (χ2v) is 10.4. The van der Waals surface area contributed by atoms with Crippen molar-refractivity contribution < 1.29 is 13.2 Å². The zero-order valence-electron chi connectivity index (χ0n) is 18.6. The fraction of sp³-hybridized carbons (Fsp3) is 0.217. The van der Waals surface area contributed by atoms with E-state index >= 15 is 0 Å². The van der Waals surface area contributed by atoms with Crippen molar-refractivity contribution >= 4 is 50.6 Å². The molecule has 1 saturated heterocycles. The van der Waals surface area contributed by atoms with Gasteiger partial charge in [0.05, 0.1) is 4.90 Å². The van der Waals surface area contributed by atoms with Gasteiger partial charge in [0.2, 0.25) is 0 Å². The van der Waals surface area contributed by atoms with Gasteiger partial charge in [0.15, 0.2) is 0 Å². The zero-order valence-corrected chi connectivity index (χ0v) is 20.9. The molecule has 0 atom stereocenters. The topological polar surface area (TPSA) is 107 Å². The van der Waals surface area contributed by atoms with Crippen LogP contribution in [0.1, 0.15) is 5.56 Å². The van der Waals surface area contributed by atoms with E-state index in [4.69, 9.17) is 23.2 Å². The van der Waals surface area contributed by atoms with E-state index < -0.39 is 16.1 Å². The highest BCUT2D eigenvalue weighted by atomic mass is 35.5. The quantitative estimate of drug-likeness (QED) is 0.426. The summed E-state index contributed by atoms with van der Waals surface area (Å²) in [5.74, 6) is 0. The third-order valence-corrected chi connectivity index (χ3v) is 7.17. The second kappa shape index (κ2) is 11.2. The third kappa shape index (κ3) is 7.06. The lowest BCUT2D eigenvalue weighted by atomic mass is 10.2. The molecular formula is C23H24Cl2N6O3S. The largest absolute Gasteiger partial charge is 0.369 e. The predicted molar refractivity (Wildman–Crippen MR) is 137 cm³/mol. The van der Waals surface area contributed by atoms with E-state index in [1.165, 1.54) is 12.1 Å². The SMILES string of the molecule is O=C(NCc1cccnc1)Nc1ccc(S(=O)(=O)NN2CCN(c3cc(Cl)cc(Cl)c3)CC2)cc1. The Balaban J connectivity index is 1.28. The number of benzene rings is 2. The van der Waals surface area contributed by atoms with Crippen LogP contribution < -0.4 is 20.4 Å². The fourth-order valence-corrected chi connectivity index (χ4v) is 5.22. The van der Waals surface area contributed by atoms with Gasteiger partial charge in [0.25, 0.3) is 10.0 Å². The summed E-state index contributed by atoms with van der Waals surface area (Å²) >= 11 is 12.2. The summed E-state index contributed by atoms with van der Waals surface area (Å²) in [6.45, 7) is 2.51. The van der Waals surface area contributed by atoms with Crippen LogP contribution in [0.25, 0.3) is 0 Å². The summed E-state index contributed by atoms with van der Waals surface area (Å²) in [7, 11) is -3.77. The first-order valence-electron chi connectivity index (χ1n) is 10.8. The van der Waals surface area contributed by atoms with Crippen molar-refractivity contribution in [1.82, 2.24) is 20.1 Å². The Morgan fingerprint density at radius 3 is 2.29 bits per heavy atom. The van der Waals surface area contributed by atoms with Crippen LogP contribution in [0.2, 0.25) is 10.0 Å². The summed E-state index contributed by atoms with van der Waals surface area (Å²) in [4.78, 5) is 20.9. The van der Waals surface area contributed by atoms with Crippen LogP contribution in [0.4, 0.5) is 16.2 Å². The molecule has 0 bridgehead atoms. The molecule has 2 amide bonds. The maximum atomic E-state index is 12.8. The fourth-order valence-electron chi connectivity index (χ4n) is 3.58. The number of halogens is 2. The monoisotopic (exact) mass is 534 g/mol. The number of piperazine rings is 1. The lowest BCUT2D eigenvalue weighted by Gasteiger charge is -2.36. The Bertz CT molecular complexity index is 1250. The molecule has 4 rings (SSSR count). The molecule has 0 unspecified atom stereocenters. The highest BCUT2D eigenvalue weighted by Crippen LogP contribution is 2.26. The van der Waals surface area contributed by atoms with Gasteiger partial charge in [-0.05, 0) is 54.1 Å². The van der Waals surface area contributed by atoms with Gasteiger partial charge in [-0.25, -0.2) is 18.2 Å². The predicted octanol–water partition coefficient (Wildman–Crippen LogP) is 3.73. The summed E-state index contributed by atoms with van der Waals surface area (Å²) in [6, 6.07) is 14.6. The van der Waals surface area contributed by atoms with Gasteiger partial charge in [-0.15, -0.1) is 4.83 Å². The second-order valence-electron chi connectivity index (χ2n) is 7.89. The van der Waals surface area contributed by atoms with E-state index in [0.29, 0.717) is 48.5 Å². The highest BCUT2D eigenvalue weighted by Gasteiger charge is 2.23. The number of hydrazine groups is 1. The van der Waals surface area contributed by atoms with Gasteiger partial charge in [-0.2, -0.15) is 0 Å². The van der Waals surface area contributed by atoms with Crippen LogP contribution in [0, 0.1) is 0 Å². The van der Waals surface area contributed by atoms with E-state index in [-0.39, 0.29) is 4.90 Å². The van der Waals surface area contributed by atoms with Gasteiger partial charge >= 0.3 is 6.03 Å². The van der Waals surface area contributed by atoms with E-state index in [9.17, 15) is 13.2 Å². The van der Waals surface area contributed by atoms with Crippen LogP contribution in [0.3, 0.4) is 0 Å². The van der Waals surface area contributed by atoms with Crippen molar-refractivity contribution in [3.05, 3.63) is 82.6 Å². The third-order valence-electron chi connectivity index (χ3n) is 5.34. The number of anilines is 2. The average molecular weight is 535 g/mol. The Hall–Kier alpha value is -2.89. The standard InChI is InChI=1S/C23H24Cl2N6O3S/c24-18-12-19(25)14-21(13-18)30-8-10-31(11-9-30)29-35(33,34)22-5-3-20(4-6-22)28-23(32)27-16-17-2-1-7-26-15-17/h1-7,12-15,29H,8-11,16H2,(H2,27,28,32). The molecule has 0 spiro atoms. The number of urea groups is 1. The Labute approximate surface area is 214 Å². The molecule has 2 aromatic carbocycles. The zero-order chi connectivity index (χ0) is 24.8. The van der Waals surface area contributed by atoms with Crippen LogP contribution in [-0.4, -0.2) is 50.6 Å². The van der Waals surface area contributed by atoms with E-state index in [1.54, 1.807) is 41.7 Å². The lowest BCUT2D eigenvalue weighted by Crippen LogP contribution is -2.53. The van der Waals surface area contributed by atoms with Crippen molar-refractivity contribution in [3.63, 3.8) is 0 Å². The van der Waals surface area contributed by atoms with Crippen LogP contribution >= 0.6 is 23.2 Å². The first kappa shape index (κ1) is 25.2.